The minimum Gasteiger partial charge on any atom is -0.495 e. The molecule has 2 unspecified atom stereocenters. The second-order valence-corrected chi connectivity index (χ2v) is 10.6. The monoisotopic (exact) mass is 534 g/mol. The van der Waals surface area contributed by atoms with E-state index in [1.54, 1.807) is 48.5 Å². The summed E-state index contributed by atoms with van der Waals surface area (Å²) >= 11 is 0. The van der Waals surface area contributed by atoms with Gasteiger partial charge in [0.05, 0.1) is 49.3 Å². The molecule has 2 heterocycles. The van der Waals surface area contributed by atoms with Crippen molar-refractivity contribution in [1.29, 1.82) is 0 Å². The van der Waals surface area contributed by atoms with Crippen LogP contribution in [0, 0.1) is 29.6 Å². The third kappa shape index (κ3) is 2.90. The van der Waals surface area contributed by atoms with E-state index in [1.807, 2.05) is 42.5 Å². The van der Waals surface area contributed by atoms with E-state index in [9.17, 15) is 19.2 Å². The molecule has 2 aliphatic heterocycles. The maximum absolute atomic E-state index is 14.4. The molecule has 0 spiro atoms. The van der Waals surface area contributed by atoms with Crippen LogP contribution in [0.4, 0.5) is 11.4 Å². The summed E-state index contributed by atoms with van der Waals surface area (Å²) in [5.74, 6) is -4.73. The molecule has 8 rings (SSSR count). The molecule has 3 aromatic rings. The van der Waals surface area contributed by atoms with Gasteiger partial charge in [0.15, 0.2) is 0 Å². The number of benzene rings is 3. The van der Waals surface area contributed by atoms with E-state index >= 15 is 0 Å². The number of hydrogen-bond donors (Lipinski definition) is 0. The van der Waals surface area contributed by atoms with Crippen LogP contribution in [0.1, 0.15) is 5.56 Å². The molecule has 8 nitrogen and oxygen atoms in total. The number of carbonyl (C=O) groups excluding carboxylic acids is 4. The molecule has 0 N–H and O–H groups in total. The molecule has 0 aromatic heterocycles. The molecule has 8 heteroatoms. The zero-order valence-electron chi connectivity index (χ0n) is 21.9. The van der Waals surface area contributed by atoms with Gasteiger partial charge in [-0.15, -0.1) is 0 Å². The standard InChI is InChI=1S/C32H26N2O6/c1-39-22-14-8-6-12-20(22)33-28(35)24-19-16-17-32(26(24)30(33)37,18-10-4-3-5-11-18)27-25(19)29(36)34(31(27)38)21-13-7-9-15-23(21)40-2/h3-17,19,24-27H,1-2H3/t19?,24-,25-,26-,27+,32?/m0/s1. The lowest BCUT2D eigenvalue weighted by Crippen LogP contribution is -2.60. The average molecular weight is 535 g/mol. The van der Waals surface area contributed by atoms with Gasteiger partial charge in [-0.2, -0.15) is 0 Å². The summed E-state index contributed by atoms with van der Waals surface area (Å²) in [7, 11) is 2.98. The Bertz CT molecular complexity index is 1520. The predicted molar refractivity (Wildman–Crippen MR) is 146 cm³/mol. The molecule has 6 atom stereocenters. The fraction of sp³-hybridized carbons (Fsp3) is 0.250. The van der Waals surface area contributed by atoms with Crippen molar-refractivity contribution in [3.63, 3.8) is 0 Å². The number of nitrogens with zero attached hydrogens (tertiary/aromatic N) is 2. The molecule has 3 aliphatic carbocycles. The molecule has 0 radical (unpaired) electrons. The number of imide groups is 2. The van der Waals surface area contributed by atoms with Crippen LogP contribution >= 0.6 is 0 Å². The van der Waals surface area contributed by atoms with Crippen LogP contribution in [-0.2, 0) is 24.6 Å². The van der Waals surface area contributed by atoms with Gasteiger partial charge in [-0.1, -0.05) is 66.7 Å². The highest BCUT2D eigenvalue weighted by Gasteiger charge is 2.75. The summed E-state index contributed by atoms with van der Waals surface area (Å²) in [6.07, 6.45) is 3.78. The van der Waals surface area contributed by atoms with Gasteiger partial charge >= 0.3 is 0 Å². The Kier molecular flexibility index (Phi) is 5.26. The molecule has 200 valence electrons. The summed E-state index contributed by atoms with van der Waals surface area (Å²) in [5.41, 5.74) is 0.240. The summed E-state index contributed by atoms with van der Waals surface area (Å²) in [6, 6.07) is 23.1. The van der Waals surface area contributed by atoms with E-state index in [0.29, 0.717) is 22.9 Å². The van der Waals surface area contributed by atoms with Gasteiger partial charge in [0, 0.05) is 11.3 Å². The molecule has 2 saturated heterocycles. The SMILES string of the molecule is COc1ccccc1N1C(=O)[C@@H]2[C@@H](C1=O)C1C=CC2(c2ccccc2)[C@H]2C(=O)N(c3ccccc3OC)C(=O)[C@@H]12. The smallest absolute Gasteiger partial charge is 0.239 e. The molecule has 40 heavy (non-hydrogen) atoms. The number of allylic oxidation sites excluding steroid dienone is 2. The van der Waals surface area contributed by atoms with Crippen LogP contribution in [0.2, 0.25) is 0 Å². The second kappa shape index (κ2) is 8.64. The van der Waals surface area contributed by atoms with Crippen molar-refractivity contribution >= 4 is 35.0 Å². The van der Waals surface area contributed by atoms with Crippen LogP contribution in [-0.4, -0.2) is 37.8 Å². The summed E-state index contributed by atoms with van der Waals surface area (Å²) < 4.78 is 11.0. The Morgan fingerprint density at radius 2 is 1.05 bits per heavy atom. The van der Waals surface area contributed by atoms with Crippen molar-refractivity contribution in [2.75, 3.05) is 24.0 Å². The maximum atomic E-state index is 14.4. The molecular formula is C32H26N2O6. The van der Waals surface area contributed by atoms with Gasteiger partial charge in [0.25, 0.3) is 0 Å². The number of hydrogen-bond acceptors (Lipinski definition) is 6. The maximum Gasteiger partial charge on any atom is 0.239 e. The zero-order chi connectivity index (χ0) is 27.8. The van der Waals surface area contributed by atoms with Gasteiger partial charge in [0.2, 0.25) is 23.6 Å². The van der Waals surface area contributed by atoms with E-state index in [1.165, 1.54) is 24.0 Å². The van der Waals surface area contributed by atoms with Gasteiger partial charge in [-0.05, 0) is 29.8 Å². The van der Waals surface area contributed by atoms with Crippen molar-refractivity contribution in [3.05, 3.63) is 96.6 Å². The quantitative estimate of drug-likeness (QED) is 0.366. The Morgan fingerprint density at radius 3 is 1.52 bits per heavy atom. The van der Waals surface area contributed by atoms with Crippen molar-refractivity contribution in [2.24, 2.45) is 29.6 Å². The molecule has 2 bridgehead atoms. The van der Waals surface area contributed by atoms with E-state index in [-0.39, 0.29) is 11.8 Å². The highest BCUT2D eigenvalue weighted by Crippen LogP contribution is 2.65. The van der Waals surface area contributed by atoms with Gasteiger partial charge in [-0.25, -0.2) is 9.80 Å². The lowest BCUT2D eigenvalue weighted by molar-refractivity contribution is -0.140. The number of methoxy groups -OCH3 is 2. The first kappa shape index (κ1) is 24.3. The Hall–Kier alpha value is -4.72. The highest BCUT2D eigenvalue weighted by molar-refractivity contribution is 6.27. The molecule has 4 amide bonds. The normalized spacial score (nSPS) is 30.1. The lowest BCUT2D eigenvalue weighted by atomic mass is 9.45. The van der Waals surface area contributed by atoms with E-state index in [4.69, 9.17) is 9.47 Å². The topological polar surface area (TPSA) is 93.2 Å². The zero-order valence-corrected chi connectivity index (χ0v) is 21.9. The van der Waals surface area contributed by atoms with Crippen LogP contribution in [0.25, 0.3) is 0 Å². The third-order valence-electron chi connectivity index (χ3n) is 9.08. The Labute approximate surface area is 230 Å². The first-order valence-electron chi connectivity index (χ1n) is 13.2. The van der Waals surface area contributed by atoms with Crippen LogP contribution in [0.15, 0.2) is 91.0 Å². The van der Waals surface area contributed by atoms with E-state index in [2.05, 4.69) is 0 Å². The van der Waals surface area contributed by atoms with Crippen molar-refractivity contribution in [2.45, 2.75) is 5.41 Å². The van der Waals surface area contributed by atoms with Gasteiger partial charge < -0.3 is 9.47 Å². The number of amides is 4. The Balaban J connectivity index is 1.44. The molecule has 3 aromatic carbocycles. The number of carbonyl (C=O) groups is 4. The largest absolute Gasteiger partial charge is 0.495 e. The minimum absolute atomic E-state index is 0.357. The van der Waals surface area contributed by atoms with E-state index in [0.717, 1.165) is 5.56 Å². The summed E-state index contributed by atoms with van der Waals surface area (Å²) in [5, 5.41) is 0. The first-order chi connectivity index (χ1) is 19.5. The van der Waals surface area contributed by atoms with Crippen molar-refractivity contribution in [1.82, 2.24) is 0 Å². The second-order valence-electron chi connectivity index (χ2n) is 10.6. The summed E-state index contributed by atoms with van der Waals surface area (Å²) in [4.78, 5) is 59.6. The number of ether oxygens (including phenoxy) is 2. The molecule has 3 fully saturated rings. The van der Waals surface area contributed by atoms with E-state index < -0.39 is 46.8 Å². The predicted octanol–water partition coefficient (Wildman–Crippen LogP) is 3.75. The van der Waals surface area contributed by atoms with Crippen LogP contribution in [0.5, 0.6) is 11.5 Å². The Morgan fingerprint density at radius 1 is 0.600 bits per heavy atom. The fourth-order valence-corrected chi connectivity index (χ4v) is 7.58. The molecular weight excluding hydrogens is 508 g/mol. The van der Waals surface area contributed by atoms with Crippen LogP contribution in [0.3, 0.4) is 0 Å². The summed E-state index contributed by atoms with van der Waals surface area (Å²) in [6.45, 7) is 0. The van der Waals surface area contributed by atoms with Crippen LogP contribution < -0.4 is 19.3 Å². The number of para-hydroxylation sites is 4. The minimum atomic E-state index is -1.20. The number of rotatable bonds is 5. The van der Waals surface area contributed by atoms with Crippen molar-refractivity contribution < 1.29 is 28.7 Å². The van der Waals surface area contributed by atoms with Gasteiger partial charge in [-0.3, -0.25) is 19.2 Å². The fourth-order valence-electron chi connectivity index (χ4n) is 7.58. The highest BCUT2D eigenvalue weighted by atomic mass is 16.5. The third-order valence-corrected chi connectivity index (χ3v) is 9.08. The molecule has 5 aliphatic rings. The average Bonchev–Trinajstić information content (AvgIpc) is 3.44. The van der Waals surface area contributed by atoms with Gasteiger partial charge in [0.1, 0.15) is 11.5 Å². The lowest BCUT2D eigenvalue weighted by Gasteiger charge is -2.53. The molecule has 1 saturated carbocycles. The number of anilines is 2. The first-order valence-corrected chi connectivity index (χ1v) is 13.2. The van der Waals surface area contributed by atoms with Crippen molar-refractivity contribution in [3.8, 4) is 11.5 Å².